The molecule has 0 atom stereocenters. The van der Waals surface area contributed by atoms with E-state index in [0.29, 0.717) is 19.3 Å². The number of allylic oxidation sites excluding steroid dienone is 4. The minimum Gasteiger partial charge on any atom is -0.550 e. The summed E-state index contributed by atoms with van der Waals surface area (Å²) in [5, 5.41) is 28.5. The van der Waals surface area contributed by atoms with Gasteiger partial charge in [-0.2, -0.15) is 0 Å². The maximum Gasteiger partial charge on any atom is 0.0414 e. The van der Waals surface area contributed by atoms with Crippen molar-refractivity contribution in [2.24, 2.45) is 0 Å². The molecular weight excluding hydrogens is 384 g/mol. The van der Waals surface area contributed by atoms with Crippen molar-refractivity contribution >= 4 is 17.9 Å². The fraction of sp³-hybridized carbons (Fsp3) is 0.650. The van der Waals surface area contributed by atoms with Gasteiger partial charge in [0.05, 0.1) is 0 Å². The summed E-state index contributed by atoms with van der Waals surface area (Å²) in [7, 11) is 0. The van der Waals surface area contributed by atoms with E-state index < -0.39 is 17.9 Å². The molecule has 0 heterocycles. The van der Waals surface area contributed by atoms with E-state index in [2.05, 4.69) is 41.2 Å². The third-order valence-corrected chi connectivity index (χ3v) is 4.32. The van der Waals surface area contributed by atoms with Crippen molar-refractivity contribution in [3.63, 3.8) is 0 Å². The quantitative estimate of drug-likeness (QED) is 0.599. The standard InChI is InChI=1S/C8H11.3C4H8O2.Ti/c1-6-4-5-7(2)8(6)3;3*1-2-3-4(5)6;/h4H2,1-3H3;3*2-3H2,1H3,(H,5,6);/q;;;;+3/p-3. The van der Waals surface area contributed by atoms with E-state index in [4.69, 9.17) is 0 Å². The van der Waals surface area contributed by atoms with Crippen LogP contribution in [0.3, 0.4) is 0 Å². The second-order valence-electron chi connectivity index (χ2n) is 6.05. The van der Waals surface area contributed by atoms with E-state index in [1.165, 1.54) is 17.6 Å². The monoisotopic (exact) mass is 416 g/mol. The Morgan fingerprint density at radius 3 is 1.07 bits per heavy atom. The Kier molecular flexibility index (Phi) is 21.8. The van der Waals surface area contributed by atoms with Crippen molar-refractivity contribution in [2.75, 3.05) is 0 Å². The number of carboxylic acid groups (broad SMARTS) is 3. The van der Waals surface area contributed by atoms with Gasteiger partial charge < -0.3 is 29.7 Å². The molecule has 0 spiro atoms. The molecule has 7 heteroatoms. The number of carboxylic acids is 3. The van der Waals surface area contributed by atoms with Crippen LogP contribution in [0, 0.1) is 0 Å². The molecule has 1 aliphatic rings. The minimum absolute atomic E-state index is 0.181. The second-order valence-corrected chi connectivity index (χ2v) is 6.99. The Labute approximate surface area is 175 Å². The van der Waals surface area contributed by atoms with Crippen LogP contribution in [0.5, 0.6) is 0 Å². The molecule has 0 amide bonds. The van der Waals surface area contributed by atoms with Crippen LogP contribution in [0.15, 0.2) is 20.6 Å². The molecule has 0 unspecified atom stereocenters. The normalized spacial score (nSPS) is 12.1. The van der Waals surface area contributed by atoms with Crippen LogP contribution in [-0.2, 0) is 34.8 Å². The zero-order valence-electron chi connectivity index (χ0n) is 17.4. The summed E-state index contributed by atoms with van der Waals surface area (Å²) in [5.41, 5.74) is 4.56. The molecule has 6 nitrogen and oxygen atoms in total. The Morgan fingerprint density at radius 2 is 1.04 bits per heavy atom. The van der Waals surface area contributed by atoms with Gasteiger partial charge in [0, 0.05) is 17.9 Å². The van der Waals surface area contributed by atoms with Gasteiger partial charge in [-0.05, 0) is 19.3 Å². The van der Waals surface area contributed by atoms with E-state index in [0.717, 1.165) is 0 Å². The van der Waals surface area contributed by atoms with E-state index in [1.807, 2.05) is 0 Å². The predicted molar refractivity (Wildman–Crippen MR) is 95.4 cm³/mol. The third kappa shape index (κ3) is 22.6. The molecule has 0 aromatic carbocycles. The molecule has 0 fully saturated rings. The predicted octanol–water partition coefficient (Wildman–Crippen LogP) is 1.16. The largest absolute Gasteiger partial charge is 0.550 e. The summed E-state index contributed by atoms with van der Waals surface area (Å²) in [6, 6.07) is 0. The summed E-state index contributed by atoms with van der Waals surface area (Å²) in [4.78, 5) is 28.5. The first-order valence-corrected chi connectivity index (χ1v) is 9.89. The van der Waals surface area contributed by atoms with Crippen molar-refractivity contribution in [1.29, 1.82) is 0 Å². The number of carbonyl (C=O) groups is 3. The number of hydrogen-bond acceptors (Lipinski definition) is 6. The molecule has 0 N–H and O–H groups in total. The van der Waals surface area contributed by atoms with E-state index >= 15 is 0 Å². The van der Waals surface area contributed by atoms with Crippen LogP contribution in [0.25, 0.3) is 0 Å². The zero-order valence-corrected chi connectivity index (χ0v) is 19.0. The molecule has 1 rings (SSSR count). The summed E-state index contributed by atoms with van der Waals surface area (Å²) in [6.07, 6.45) is 3.75. The Morgan fingerprint density at radius 1 is 0.741 bits per heavy atom. The third-order valence-electron chi connectivity index (χ3n) is 3.46. The Bertz CT molecular complexity index is 461. The average Bonchev–Trinajstić information content (AvgIpc) is 2.75. The van der Waals surface area contributed by atoms with Crippen LogP contribution in [0.1, 0.15) is 86.5 Å². The van der Waals surface area contributed by atoms with Gasteiger partial charge in [0.2, 0.25) is 0 Å². The Balaban J connectivity index is -0.000000291. The maximum atomic E-state index is 9.49. The number of aliphatic carboxylic acids is 3. The van der Waals surface area contributed by atoms with Gasteiger partial charge in [0.15, 0.2) is 0 Å². The van der Waals surface area contributed by atoms with Crippen LogP contribution in [-0.4, -0.2) is 17.9 Å². The van der Waals surface area contributed by atoms with Gasteiger partial charge in [-0.15, -0.1) is 0 Å². The number of hydrogen-bond donors (Lipinski definition) is 0. The molecule has 0 saturated carbocycles. The SMILES string of the molecule is CC1=C(C)C(C)=[C]([Ti+3])C1.CCCC(=O)[O-].CCCC(=O)[O-].CCCC(=O)[O-]. The maximum absolute atomic E-state index is 9.49. The molecule has 0 radical (unpaired) electrons. The summed E-state index contributed by atoms with van der Waals surface area (Å²) >= 11 is 2.22. The first-order valence-electron chi connectivity index (χ1n) is 9.11. The van der Waals surface area contributed by atoms with Crippen molar-refractivity contribution in [2.45, 2.75) is 86.5 Å². The molecule has 27 heavy (non-hydrogen) atoms. The fourth-order valence-electron chi connectivity index (χ4n) is 1.69. The van der Waals surface area contributed by atoms with E-state index in [9.17, 15) is 29.7 Å². The first kappa shape index (κ1) is 30.3. The molecule has 152 valence electrons. The summed E-state index contributed by atoms with van der Waals surface area (Å²) < 4.78 is 1.55. The molecule has 0 bridgehead atoms. The van der Waals surface area contributed by atoms with Crippen LogP contribution < -0.4 is 15.3 Å². The molecule has 1 aliphatic carbocycles. The summed E-state index contributed by atoms with van der Waals surface area (Å²) in [5.74, 6) is -2.88. The van der Waals surface area contributed by atoms with Gasteiger partial charge in [-0.25, -0.2) is 0 Å². The van der Waals surface area contributed by atoms with Crippen molar-refractivity contribution in [1.82, 2.24) is 0 Å². The van der Waals surface area contributed by atoms with E-state index in [1.54, 1.807) is 30.2 Å². The molecule has 0 aliphatic heterocycles. The summed E-state index contributed by atoms with van der Waals surface area (Å²) in [6.45, 7) is 12.0. The van der Waals surface area contributed by atoms with Gasteiger partial charge in [-0.1, -0.05) is 40.0 Å². The van der Waals surface area contributed by atoms with E-state index in [-0.39, 0.29) is 19.3 Å². The van der Waals surface area contributed by atoms with Crippen molar-refractivity contribution < 1.29 is 50.1 Å². The average molecular weight is 416 g/mol. The van der Waals surface area contributed by atoms with Crippen LogP contribution in [0.2, 0.25) is 0 Å². The molecular formula is C20H32O6Ti. The molecule has 0 aromatic rings. The number of carbonyl (C=O) groups excluding carboxylic acids is 3. The second kappa shape index (κ2) is 19.4. The van der Waals surface area contributed by atoms with Crippen LogP contribution in [0.4, 0.5) is 0 Å². The van der Waals surface area contributed by atoms with Crippen molar-refractivity contribution in [3.05, 3.63) is 20.6 Å². The fourth-order valence-corrected chi connectivity index (χ4v) is 2.40. The molecule has 0 aromatic heterocycles. The van der Waals surface area contributed by atoms with Gasteiger partial charge in [-0.3, -0.25) is 0 Å². The molecule has 0 saturated heterocycles. The van der Waals surface area contributed by atoms with Crippen LogP contribution >= 0.6 is 0 Å². The minimum atomic E-state index is -0.961. The topological polar surface area (TPSA) is 120 Å². The van der Waals surface area contributed by atoms with Crippen molar-refractivity contribution in [3.8, 4) is 0 Å². The first-order chi connectivity index (χ1) is 12.4. The van der Waals surface area contributed by atoms with Gasteiger partial charge >= 0.3 is 68.2 Å². The zero-order chi connectivity index (χ0) is 22.0. The number of rotatable bonds is 6. The smallest absolute Gasteiger partial charge is 0.0414 e. The van der Waals surface area contributed by atoms with Gasteiger partial charge in [0.1, 0.15) is 0 Å². The van der Waals surface area contributed by atoms with Gasteiger partial charge in [0.25, 0.3) is 0 Å². The Hall–Kier alpha value is -1.40.